The highest BCUT2D eigenvalue weighted by Crippen LogP contribution is 2.40. The minimum atomic E-state index is 0.734. The predicted molar refractivity (Wildman–Crippen MR) is 73.5 cm³/mol. The summed E-state index contributed by atoms with van der Waals surface area (Å²) >= 11 is 0. The topological polar surface area (TPSA) is 17.8 Å². The Balaban J connectivity index is 0.000000514. The van der Waals surface area contributed by atoms with E-state index < -0.39 is 0 Å². The Morgan fingerprint density at radius 2 is 2.00 bits per heavy atom. The third-order valence-electron chi connectivity index (χ3n) is 3.19. The summed E-state index contributed by atoms with van der Waals surface area (Å²) in [5.41, 5.74) is 3.76. The maximum Gasteiger partial charge on any atom is 0.112 e. The van der Waals surface area contributed by atoms with Crippen molar-refractivity contribution in [3.05, 3.63) is 29.6 Å². The molecule has 0 saturated heterocycles. The van der Waals surface area contributed by atoms with Gasteiger partial charge in [0.1, 0.15) is 5.82 Å². The Morgan fingerprint density at radius 1 is 1.29 bits per heavy atom. The van der Waals surface area contributed by atoms with Crippen molar-refractivity contribution in [3.63, 3.8) is 0 Å². The molecular weight excluding hydrogens is 208 g/mol. The molecule has 2 heteroatoms. The van der Waals surface area contributed by atoms with Crippen LogP contribution in [0.1, 0.15) is 50.9 Å². The van der Waals surface area contributed by atoms with Crippen LogP contribution in [0.4, 0.5) is 0 Å². The SMILES string of the molecule is CC.CCn1c(C2CC2)nc2cc(C)ccc21. The highest BCUT2D eigenvalue weighted by molar-refractivity contribution is 5.77. The van der Waals surface area contributed by atoms with Crippen LogP contribution in [-0.2, 0) is 6.54 Å². The smallest absolute Gasteiger partial charge is 0.112 e. The van der Waals surface area contributed by atoms with Crippen LogP contribution in [0.3, 0.4) is 0 Å². The lowest BCUT2D eigenvalue weighted by Crippen LogP contribution is -1.99. The molecule has 0 radical (unpaired) electrons. The van der Waals surface area contributed by atoms with Crippen LogP contribution in [0.25, 0.3) is 11.0 Å². The zero-order valence-electron chi connectivity index (χ0n) is 11.3. The lowest BCUT2D eigenvalue weighted by atomic mass is 10.2. The van der Waals surface area contributed by atoms with Gasteiger partial charge in [0.05, 0.1) is 11.0 Å². The molecule has 17 heavy (non-hydrogen) atoms. The molecule has 1 aliphatic carbocycles. The fourth-order valence-electron chi connectivity index (χ4n) is 2.24. The zero-order chi connectivity index (χ0) is 12.4. The van der Waals surface area contributed by atoms with Crippen molar-refractivity contribution in [3.8, 4) is 0 Å². The standard InChI is InChI=1S/C13H16N2.C2H6/c1-3-15-12-7-4-9(2)8-11(12)14-13(15)10-5-6-10;1-2/h4,7-8,10H,3,5-6H2,1-2H3;1-2H3. The summed E-state index contributed by atoms with van der Waals surface area (Å²) in [6.45, 7) is 9.36. The van der Waals surface area contributed by atoms with E-state index in [-0.39, 0.29) is 0 Å². The van der Waals surface area contributed by atoms with Crippen molar-refractivity contribution < 1.29 is 0 Å². The fraction of sp³-hybridized carbons (Fsp3) is 0.533. The van der Waals surface area contributed by atoms with Gasteiger partial charge in [0.25, 0.3) is 0 Å². The molecule has 0 bridgehead atoms. The third-order valence-corrected chi connectivity index (χ3v) is 3.19. The van der Waals surface area contributed by atoms with Crippen molar-refractivity contribution >= 4 is 11.0 Å². The zero-order valence-corrected chi connectivity index (χ0v) is 11.3. The largest absolute Gasteiger partial charge is 0.328 e. The second-order valence-electron chi connectivity index (χ2n) is 4.48. The van der Waals surface area contributed by atoms with Crippen molar-refractivity contribution in [2.45, 2.75) is 53.0 Å². The molecule has 92 valence electrons. The van der Waals surface area contributed by atoms with Gasteiger partial charge in [-0.1, -0.05) is 19.9 Å². The Morgan fingerprint density at radius 3 is 2.59 bits per heavy atom. The van der Waals surface area contributed by atoms with E-state index in [0.29, 0.717) is 0 Å². The normalized spacial score (nSPS) is 14.6. The molecule has 1 aromatic heterocycles. The van der Waals surface area contributed by atoms with E-state index in [9.17, 15) is 0 Å². The maximum absolute atomic E-state index is 4.77. The molecule has 3 rings (SSSR count). The first kappa shape index (κ1) is 12.2. The summed E-state index contributed by atoms with van der Waals surface area (Å²) < 4.78 is 2.37. The van der Waals surface area contributed by atoms with Gasteiger partial charge < -0.3 is 4.57 Å². The lowest BCUT2D eigenvalue weighted by molar-refractivity contribution is 0.720. The second-order valence-corrected chi connectivity index (χ2v) is 4.48. The van der Waals surface area contributed by atoms with Gasteiger partial charge in [-0.2, -0.15) is 0 Å². The van der Waals surface area contributed by atoms with Gasteiger partial charge in [0.2, 0.25) is 0 Å². The number of aromatic nitrogens is 2. The van der Waals surface area contributed by atoms with Crippen molar-refractivity contribution in [2.24, 2.45) is 0 Å². The minimum Gasteiger partial charge on any atom is -0.328 e. The summed E-state index contributed by atoms with van der Waals surface area (Å²) in [6, 6.07) is 6.56. The van der Waals surface area contributed by atoms with E-state index in [2.05, 4.69) is 36.6 Å². The molecule has 0 atom stereocenters. The van der Waals surface area contributed by atoms with Gasteiger partial charge in [0.15, 0.2) is 0 Å². The molecule has 1 aromatic carbocycles. The molecule has 2 nitrogen and oxygen atoms in total. The van der Waals surface area contributed by atoms with E-state index in [1.807, 2.05) is 13.8 Å². The predicted octanol–water partition coefficient (Wildman–Crippen LogP) is 4.27. The number of imidazole rings is 1. The second kappa shape index (κ2) is 4.91. The van der Waals surface area contributed by atoms with Gasteiger partial charge in [-0.05, 0) is 44.4 Å². The molecule has 0 aliphatic heterocycles. The molecule has 1 saturated carbocycles. The first-order chi connectivity index (χ1) is 8.29. The summed E-state index contributed by atoms with van der Waals surface area (Å²) in [5.74, 6) is 2.04. The molecule has 1 aliphatic rings. The van der Waals surface area contributed by atoms with Crippen LogP contribution < -0.4 is 0 Å². The van der Waals surface area contributed by atoms with Gasteiger partial charge in [-0.3, -0.25) is 0 Å². The first-order valence-corrected chi connectivity index (χ1v) is 6.76. The van der Waals surface area contributed by atoms with Gasteiger partial charge in [-0.25, -0.2) is 4.98 Å². The van der Waals surface area contributed by atoms with E-state index in [4.69, 9.17) is 4.98 Å². The molecule has 1 fully saturated rings. The van der Waals surface area contributed by atoms with Crippen LogP contribution in [0.15, 0.2) is 18.2 Å². The minimum absolute atomic E-state index is 0.734. The Hall–Kier alpha value is -1.31. The quantitative estimate of drug-likeness (QED) is 0.753. The monoisotopic (exact) mass is 230 g/mol. The number of fused-ring (bicyclic) bond motifs is 1. The maximum atomic E-state index is 4.77. The van der Waals surface area contributed by atoms with Crippen LogP contribution in [-0.4, -0.2) is 9.55 Å². The summed E-state index contributed by atoms with van der Waals surface area (Å²) in [7, 11) is 0. The van der Waals surface area contributed by atoms with Crippen molar-refractivity contribution in [1.82, 2.24) is 9.55 Å². The number of aryl methyl sites for hydroxylation is 2. The number of rotatable bonds is 2. The van der Waals surface area contributed by atoms with Crippen LogP contribution in [0.5, 0.6) is 0 Å². The number of nitrogens with zero attached hydrogens (tertiary/aromatic N) is 2. The Labute approximate surface area is 104 Å². The third kappa shape index (κ3) is 2.21. The molecule has 1 heterocycles. The first-order valence-electron chi connectivity index (χ1n) is 6.76. The molecule has 0 N–H and O–H groups in total. The molecular formula is C15H22N2. The number of hydrogen-bond acceptors (Lipinski definition) is 1. The van der Waals surface area contributed by atoms with E-state index in [1.165, 1.54) is 35.3 Å². The van der Waals surface area contributed by atoms with Crippen LogP contribution in [0.2, 0.25) is 0 Å². The van der Waals surface area contributed by atoms with Crippen molar-refractivity contribution in [1.29, 1.82) is 0 Å². The van der Waals surface area contributed by atoms with Crippen molar-refractivity contribution in [2.75, 3.05) is 0 Å². The van der Waals surface area contributed by atoms with Gasteiger partial charge >= 0.3 is 0 Å². The highest BCUT2D eigenvalue weighted by atomic mass is 15.1. The van der Waals surface area contributed by atoms with E-state index >= 15 is 0 Å². The fourth-order valence-corrected chi connectivity index (χ4v) is 2.24. The van der Waals surface area contributed by atoms with Crippen LogP contribution >= 0.6 is 0 Å². The van der Waals surface area contributed by atoms with Gasteiger partial charge in [0, 0.05) is 12.5 Å². The number of benzene rings is 1. The summed E-state index contributed by atoms with van der Waals surface area (Å²) in [4.78, 5) is 4.77. The molecule has 0 spiro atoms. The Kier molecular flexibility index (Phi) is 3.51. The Bertz CT molecular complexity index is 507. The van der Waals surface area contributed by atoms with E-state index in [0.717, 1.165) is 12.5 Å². The average Bonchev–Trinajstić information content (AvgIpc) is 3.13. The number of hydrogen-bond donors (Lipinski definition) is 0. The van der Waals surface area contributed by atoms with Crippen LogP contribution in [0, 0.1) is 6.92 Å². The van der Waals surface area contributed by atoms with E-state index in [1.54, 1.807) is 0 Å². The molecule has 0 amide bonds. The molecule has 0 unspecified atom stereocenters. The lowest BCUT2D eigenvalue weighted by Gasteiger charge is -2.03. The highest BCUT2D eigenvalue weighted by Gasteiger charge is 2.28. The summed E-state index contributed by atoms with van der Waals surface area (Å²) in [5, 5.41) is 0. The molecule has 2 aromatic rings. The van der Waals surface area contributed by atoms with Gasteiger partial charge in [-0.15, -0.1) is 0 Å². The summed E-state index contributed by atoms with van der Waals surface area (Å²) in [6.07, 6.45) is 2.64. The average molecular weight is 230 g/mol.